The second-order valence-corrected chi connectivity index (χ2v) is 6.72. The summed E-state index contributed by atoms with van der Waals surface area (Å²) in [6.45, 7) is 4.61. The molecule has 0 bridgehead atoms. The molecule has 0 aliphatic carbocycles. The topological polar surface area (TPSA) is 88.8 Å². The van der Waals surface area contributed by atoms with Gasteiger partial charge in [0.1, 0.15) is 11.5 Å². The van der Waals surface area contributed by atoms with Gasteiger partial charge in [0.2, 0.25) is 0 Å². The number of fused-ring (bicyclic) bond motifs is 1. The Morgan fingerprint density at radius 1 is 1.11 bits per heavy atom. The quantitative estimate of drug-likeness (QED) is 0.386. The molecule has 1 heterocycles. The number of hydrogen-bond acceptors (Lipinski definition) is 4. The maximum Gasteiger partial charge on any atom is 0.376 e. The lowest BCUT2D eigenvalue weighted by molar-refractivity contribution is -0.146. The normalized spacial score (nSPS) is 11.6. The second kappa shape index (κ2) is 7.60. The predicted molar refractivity (Wildman–Crippen MR) is 107 cm³/mol. The first-order chi connectivity index (χ1) is 13.3. The van der Waals surface area contributed by atoms with Crippen LogP contribution in [0, 0.1) is 13.8 Å². The lowest BCUT2D eigenvalue weighted by Crippen LogP contribution is -2.09. The molecular formula is C22H21NO5. The maximum atomic E-state index is 11.5. The summed E-state index contributed by atoms with van der Waals surface area (Å²) < 4.78 is 7.36. The SMILES string of the molecule is COc1cccc2c1c(C(O)=CC(=O)C(=O)O)cn2Cc1cc(C)cc(C)c1. The van der Waals surface area contributed by atoms with Crippen LogP contribution in [0.1, 0.15) is 22.3 Å². The van der Waals surface area contributed by atoms with Crippen molar-refractivity contribution < 1.29 is 24.5 Å². The van der Waals surface area contributed by atoms with E-state index in [9.17, 15) is 14.7 Å². The lowest BCUT2D eigenvalue weighted by atomic mass is 10.1. The molecule has 0 saturated heterocycles. The third kappa shape index (κ3) is 3.76. The van der Waals surface area contributed by atoms with Crippen LogP contribution in [0.4, 0.5) is 0 Å². The average molecular weight is 379 g/mol. The molecule has 6 nitrogen and oxygen atoms in total. The molecule has 0 radical (unpaired) electrons. The van der Waals surface area contributed by atoms with Crippen molar-refractivity contribution >= 4 is 28.4 Å². The van der Waals surface area contributed by atoms with E-state index in [1.807, 2.05) is 30.5 Å². The van der Waals surface area contributed by atoms with Gasteiger partial charge in [-0.15, -0.1) is 0 Å². The molecule has 0 fully saturated rings. The monoisotopic (exact) mass is 379 g/mol. The van der Waals surface area contributed by atoms with E-state index in [4.69, 9.17) is 9.84 Å². The third-order valence-electron chi connectivity index (χ3n) is 4.48. The average Bonchev–Trinajstić information content (AvgIpc) is 2.99. The van der Waals surface area contributed by atoms with E-state index >= 15 is 0 Å². The standard InChI is InChI=1S/C22H21NO5/c1-13-7-14(2)9-15(8-13)11-23-12-16(18(24)10-19(25)22(26)27)21-17(23)5-4-6-20(21)28-3/h4-10,12,24H,11H2,1-3H3,(H,26,27). The van der Waals surface area contributed by atoms with Gasteiger partial charge in [-0.3, -0.25) is 4.79 Å². The van der Waals surface area contributed by atoms with E-state index in [2.05, 4.69) is 18.2 Å². The number of aromatic nitrogens is 1. The van der Waals surface area contributed by atoms with Gasteiger partial charge in [-0.05, 0) is 31.5 Å². The van der Waals surface area contributed by atoms with Crippen LogP contribution in [0.15, 0.2) is 48.7 Å². The Kier molecular flexibility index (Phi) is 5.22. The highest BCUT2D eigenvalue weighted by Gasteiger charge is 2.18. The molecule has 6 heteroatoms. The minimum absolute atomic E-state index is 0.339. The first-order valence-corrected chi connectivity index (χ1v) is 8.71. The molecular weight excluding hydrogens is 358 g/mol. The van der Waals surface area contributed by atoms with Gasteiger partial charge in [0.05, 0.1) is 18.0 Å². The van der Waals surface area contributed by atoms with Gasteiger partial charge in [-0.1, -0.05) is 35.4 Å². The van der Waals surface area contributed by atoms with Crippen molar-refractivity contribution in [2.45, 2.75) is 20.4 Å². The van der Waals surface area contributed by atoms with Crippen molar-refractivity contribution in [2.75, 3.05) is 7.11 Å². The summed E-state index contributed by atoms with van der Waals surface area (Å²) in [5.74, 6) is -2.71. The number of carboxylic acid groups (broad SMARTS) is 1. The number of benzene rings is 2. The summed E-state index contributed by atoms with van der Waals surface area (Å²) in [5, 5.41) is 19.9. The second-order valence-electron chi connectivity index (χ2n) is 6.72. The van der Waals surface area contributed by atoms with Gasteiger partial charge in [-0.25, -0.2) is 4.79 Å². The highest BCUT2D eigenvalue weighted by atomic mass is 16.5. The molecule has 144 valence electrons. The molecule has 0 aliphatic rings. The van der Waals surface area contributed by atoms with Gasteiger partial charge in [0.25, 0.3) is 5.78 Å². The first-order valence-electron chi connectivity index (χ1n) is 8.71. The molecule has 0 atom stereocenters. The fraction of sp³-hybridized carbons (Fsp3) is 0.182. The fourth-order valence-corrected chi connectivity index (χ4v) is 3.44. The first kappa shape index (κ1) is 19.2. The van der Waals surface area contributed by atoms with Crippen LogP contribution < -0.4 is 4.74 Å². The van der Waals surface area contributed by atoms with Crippen LogP contribution >= 0.6 is 0 Å². The molecule has 2 aromatic carbocycles. The lowest BCUT2D eigenvalue weighted by Gasteiger charge is -2.09. The van der Waals surface area contributed by atoms with E-state index < -0.39 is 17.5 Å². The number of ether oxygens (including phenoxy) is 1. The fourth-order valence-electron chi connectivity index (χ4n) is 3.44. The van der Waals surface area contributed by atoms with Crippen molar-refractivity contribution in [1.29, 1.82) is 0 Å². The van der Waals surface area contributed by atoms with Crippen LogP contribution in [0.3, 0.4) is 0 Å². The summed E-state index contributed by atoms with van der Waals surface area (Å²) in [4.78, 5) is 22.3. The van der Waals surface area contributed by atoms with Crippen molar-refractivity contribution in [3.63, 3.8) is 0 Å². The van der Waals surface area contributed by atoms with E-state index in [1.165, 1.54) is 7.11 Å². The number of rotatable bonds is 6. The number of methoxy groups -OCH3 is 1. The largest absolute Gasteiger partial charge is 0.507 e. The molecule has 3 aromatic rings. The molecule has 0 spiro atoms. The zero-order valence-corrected chi connectivity index (χ0v) is 15.9. The van der Waals surface area contributed by atoms with E-state index in [1.54, 1.807) is 12.3 Å². The van der Waals surface area contributed by atoms with Crippen LogP contribution in [0.25, 0.3) is 16.7 Å². The molecule has 1 aromatic heterocycles. The smallest absolute Gasteiger partial charge is 0.376 e. The summed E-state index contributed by atoms with van der Waals surface area (Å²) in [5.41, 5.74) is 4.54. The van der Waals surface area contributed by atoms with Crippen molar-refractivity contribution in [2.24, 2.45) is 0 Å². The Morgan fingerprint density at radius 3 is 2.39 bits per heavy atom. The third-order valence-corrected chi connectivity index (χ3v) is 4.48. The van der Waals surface area contributed by atoms with Crippen LogP contribution in [0.2, 0.25) is 0 Å². The minimum Gasteiger partial charge on any atom is -0.507 e. The highest BCUT2D eigenvalue weighted by molar-refractivity contribution is 6.38. The Bertz CT molecular complexity index is 1090. The van der Waals surface area contributed by atoms with Crippen molar-refractivity contribution in [3.05, 3.63) is 70.9 Å². The van der Waals surface area contributed by atoms with Gasteiger partial charge >= 0.3 is 5.97 Å². The van der Waals surface area contributed by atoms with Crippen LogP contribution in [-0.4, -0.2) is 33.6 Å². The maximum absolute atomic E-state index is 11.5. The molecule has 0 amide bonds. The number of aryl methyl sites for hydroxylation is 2. The summed E-state index contributed by atoms with van der Waals surface area (Å²) >= 11 is 0. The van der Waals surface area contributed by atoms with Gasteiger partial charge in [0.15, 0.2) is 0 Å². The molecule has 28 heavy (non-hydrogen) atoms. The van der Waals surface area contributed by atoms with Gasteiger partial charge in [0, 0.05) is 24.4 Å². The van der Waals surface area contributed by atoms with Crippen LogP contribution in [0.5, 0.6) is 5.75 Å². The van der Waals surface area contributed by atoms with Gasteiger partial charge in [-0.2, -0.15) is 0 Å². The number of carbonyl (C=O) groups excluding carboxylic acids is 1. The van der Waals surface area contributed by atoms with E-state index in [0.717, 1.165) is 22.2 Å². The minimum atomic E-state index is -1.63. The summed E-state index contributed by atoms with van der Waals surface area (Å²) in [6, 6.07) is 11.7. The number of aliphatic carboxylic acids is 1. The zero-order valence-electron chi connectivity index (χ0n) is 15.9. The Labute approximate surface area is 162 Å². The number of aliphatic hydroxyl groups is 1. The Morgan fingerprint density at radius 2 is 1.79 bits per heavy atom. The van der Waals surface area contributed by atoms with Crippen molar-refractivity contribution in [3.8, 4) is 5.75 Å². The summed E-state index contributed by atoms with van der Waals surface area (Å²) in [7, 11) is 1.52. The summed E-state index contributed by atoms with van der Waals surface area (Å²) in [6.07, 6.45) is 2.41. The number of aliphatic hydroxyl groups excluding tert-OH is 1. The number of carboxylic acids is 1. The van der Waals surface area contributed by atoms with E-state index in [0.29, 0.717) is 29.3 Å². The molecule has 3 rings (SSSR count). The number of nitrogens with zero attached hydrogens (tertiary/aromatic N) is 1. The number of ketones is 1. The predicted octanol–water partition coefficient (Wildman–Crippen LogP) is 3.87. The van der Waals surface area contributed by atoms with Crippen molar-refractivity contribution in [1.82, 2.24) is 4.57 Å². The zero-order chi connectivity index (χ0) is 20.4. The molecule has 0 unspecified atom stereocenters. The Balaban J connectivity index is 2.17. The number of carbonyl (C=O) groups is 2. The van der Waals surface area contributed by atoms with Crippen LogP contribution in [-0.2, 0) is 16.1 Å². The number of hydrogen-bond donors (Lipinski definition) is 2. The van der Waals surface area contributed by atoms with E-state index in [-0.39, 0.29) is 0 Å². The molecule has 0 aliphatic heterocycles. The van der Waals surface area contributed by atoms with Gasteiger partial charge < -0.3 is 19.5 Å². The highest BCUT2D eigenvalue weighted by Crippen LogP contribution is 2.34. The Hall–Kier alpha value is -3.54. The molecule has 0 saturated carbocycles. The molecule has 2 N–H and O–H groups in total.